The van der Waals surface area contributed by atoms with Crippen molar-refractivity contribution in [3.63, 3.8) is 0 Å². The molecule has 2 atom stereocenters. The Hall–Kier alpha value is -1.43. The van der Waals surface area contributed by atoms with Crippen molar-refractivity contribution >= 4 is 5.91 Å². The molecule has 2 bridgehead atoms. The highest BCUT2D eigenvalue weighted by molar-refractivity contribution is 5.90. The van der Waals surface area contributed by atoms with Gasteiger partial charge in [-0.05, 0) is 19.3 Å². The van der Waals surface area contributed by atoms with Gasteiger partial charge in [0, 0.05) is 25.2 Å². The van der Waals surface area contributed by atoms with E-state index in [1.807, 2.05) is 4.90 Å². The second-order valence-corrected chi connectivity index (χ2v) is 4.51. The number of rotatable bonds is 1. The minimum Gasteiger partial charge on any atom is -0.334 e. The van der Waals surface area contributed by atoms with Crippen molar-refractivity contribution in [2.75, 3.05) is 13.1 Å². The van der Waals surface area contributed by atoms with Crippen molar-refractivity contribution in [2.45, 2.75) is 31.3 Å². The Balaban J connectivity index is 1.73. The molecule has 0 radical (unpaired) electrons. The third-order valence-corrected chi connectivity index (χ3v) is 3.43. The van der Waals surface area contributed by atoms with Gasteiger partial charge >= 0.3 is 0 Å². The van der Waals surface area contributed by atoms with Crippen LogP contribution in [0.3, 0.4) is 0 Å². The molecule has 0 spiro atoms. The molecule has 16 heavy (non-hydrogen) atoms. The van der Waals surface area contributed by atoms with Crippen LogP contribution in [0.15, 0.2) is 6.33 Å². The number of fused-ring (bicyclic) bond motifs is 2. The largest absolute Gasteiger partial charge is 0.334 e. The van der Waals surface area contributed by atoms with Gasteiger partial charge in [0.05, 0.1) is 0 Å². The predicted molar refractivity (Wildman–Crippen MR) is 56.8 cm³/mol. The summed E-state index contributed by atoms with van der Waals surface area (Å²) in [4.78, 5) is 17.8. The summed E-state index contributed by atoms with van der Waals surface area (Å²) in [6.07, 6.45) is 4.83. The Labute approximate surface area is 93.4 Å². The van der Waals surface area contributed by atoms with E-state index >= 15 is 0 Å². The lowest BCUT2D eigenvalue weighted by Crippen LogP contribution is -2.39. The van der Waals surface area contributed by atoms with Gasteiger partial charge in [0.15, 0.2) is 0 Å². The normalized spacial score (nSPS) is 29.1. The minimum atomic E-state index is -0.0353. The molecule has 0 aromatic carbocycles. The van der Waals surface area contributed by atoms with Crippen LogP contribution < -0.4 is 5.32 Å². The van der Waals surface area contributed by atoms with Gasteiger partial charge in [-0.2, -0.15) is 5.10 Å². The summed E-state index contributed by atoms with van der Waals surface area (Å²) < 4.78 is 0. The summed E-state index contributed by atoms with van der Waals surface area (Å²) in [5.41, 5.74) is 0. The van der Waals surface area contributed by atoms with Crippen LogP contribution in [0, 0.1) is 0 Å². The molecule has 0 aliphatic carbocycles. The lowest BCUT2D eigenvalue weighted by Gasteiger charge is -2.22. The Morgan fingerprint density at radius 2 is 2.25 bits per heavy atom. The standard InChI is InChI=1S/C10H15N5O/c16-10(9-11-6-12-14-9)15-4-3-7-1-2-8(5-15)13-7/h6-8,13H,1-5H2,(H,11,12,14). The quantitative estimate of drug-likeness (QED) is 0.687. The van der Waals surface area contributed by atoms with Crippen molar-refractivity contribution in [1.82, 2.24) is 25.4 Å². The van der Waals surface area contributed by atoms with Crippen LogP contribution in [-0.4, -0.2) is 51.2 Å². The molecule has 3 heterocycles. The van der Waals surface area contributed by atoms with Gasteiger partial charge in [-0.3, -0.25) is 9.89 Å². The molecule has 1 aromatic rings. The molecule has 86 valence electrons. The van der Waals surface area contributed by atoms with Gasteiger partial charge < -0.3 is 10.2 Å². The number of nitrogens with one attached hydrogen (secondary N) is 2. The summed E-state index contributed by atoms with van der Waals surface area (Å²) >= 11 is 0. The van der Waals surface area contributed by atoms with E-state index in [1.54, 1.807) is 0 Å². The van der Waals surface area contributed by atoms with E-state index in [-0.39, 0.29) is 5.91 Å². The van der Waals surface area contributed by atoms with Crippen LogP contribution in [0.4, 0.5) is 0 Å². The predicted octanol–water partition coefficient (Wildman–Crippen LogP) is -0.229. The first kappa shape index (κ1) is 9.77. The lowest BCUT2D eigenvalue weighted by atomic mass is 10.1. The molecule has 2 aliphatic rings. The number of hydrogen-bond donors (Lipinski definition) is 2. The zero-order chi connectivity index (χ0) is 11.0. The summed E-state index contributed by atoms with van der Waals surface area (Å²) in [6, 6.07) is 1.05. The zero-order valence-electron chi connectivity index (χ0n) is 9.02. The van der Waals surface area contributed by atoms with Crippen molar-refractivity contribution < 1.29 is 4.79 Å². The molecule has 1 aromatic heterocycles. The van der Waals surface area contributed by atoms with Gasteiger partial charge in [-0.1, -0.05) is 0 Å². The van der Waals surface area contributed by atoms with E-state index in [0.717, 1.165) is 19.5 Å². The van der Waals surface area contributed by atoms with Gasteiger partial charge in [-0.25, -0.2) is 4.98 Å². The molecule has 2 aliphatic heterocycles. The fourth-order valence-electron chi connectivity index (χ4n) is 2.59. The monoisotopic (exact) mass is 221 g/mol. The van der Waals surface area contributed by atoms with Crippen molar-refractivity contribution in [2.24, 2.45) is 0 Å². The van der Waals surface area contributed by atoms with Crippen LogP contribution in [0.5, 0.6) is 0 Å². The second kappa shape index (κ2) is 3.86. The lowest BCUT2D eigenvalue weighted by molar-refractivity contribution is 0.0736. The van der Waals surface area contributed by atoms with E-state index in [4.69, 9.17) is 0 Å². The van der Waals surface area contributed by atoms with Crippen LogP contribution >= 0.6 is 0 Å². The fourth-order valence-corrected chi connectivity index (χ4v) is 2.59. The smallest absolute Gasteiger partial charge is 0.291 e. The minimum absolute atomic E-state index is 0.0353. The summed E-state index contributed by atoms with van der Waals surface area (Å²) in [5, 5.41) is 9.88. The fraction of sp³-hybridized carbons (Fsp3) is 0.700. The first-order valence-corrected chi connectivity index (χ1v) is 5.73. The molecule has 2 unspecified atom stereocenters. The third-order valence-electron chi connectivity index (χ3n) is 3.43. The molecule has 6 nitrogen and oxygen atoms in total. The number of hydrogen-bond acceptors (Lipinski definition) is 4. The third kappa shape index (κ3) is 1.69. The molecule has 2 fully saturated rings. The number of H-pyrrole nitrogens is 1. The van der Waals surface area contributed by atoms with Gasteiger partial charge in [0.2, 0.25) is 5.82 Å². The van der Waals surface area contributed by atoms with E-state index in [0.29, 0.717) is 17.9 Å². The first-order chi connectivity index (χ1) is 7.83. The number of aromatic amines is 1. The molecule has 2 N–H and O–H groups in total. The highest BCUT2D eigenvalue weighted by atomic mass is 16.2. The van der Waals surface area contributed by atoms with E-state index < -0.39 is 0 Å². The number of nitrogens with zero attached hydrogens (tertiary/aromatic N) is 3. The molecule has 1 amide bonds. The number of aromatic nitrogens is 3. The van der Waals surface area contributed by atoms with Crippen molar-refractivity contribution in [3.8, 4) is 0 Å². The zero-order valence-corrected chi connectivity index (χ0v) is 9.02. The Bertz CT molecular complexity index is 377. The maximum Gasteiger partial charge on any atom is 0.291 e. The van der Waals surface area contributed by atoms with Crippen LogP contribution in [0.25, 0.3) is 0 Å². The van der Waals surface area contributed by atoms with Crippen molar-refractivity contribution in [3.05, 3.63) is 12.2 Å². The number of amides is 1. The van der Waals surface area contributed by atoms with Crippen LogP contribution in [0.2, 0.25) is 0 Å². The number of carbonyl (C=O) groups is 1. The van der Waals surface area contributed by atoms with E-state index in [2.05, 4.69) is 20.5 Å². The maximum absolute atomic E-state index is 12.1. The van der Waals surface area contributed by atoms with Crippen LogP contribution in [-0.2, 0) is 0 Å². The van der Waals surface area contributed by atoms with Crippen molar-refractivity contribution in [1.29, 1.82) is 0 Å². The molecule has 6 heteroatoms. The number of likely N-dealkylation sites (tertiary alicyclic amines) is 1. The Morgan fingerprint density at radius 1 is 1.38 bits per heavy atom. The maximum atomic E-state index is 12.1. The summed E-state index contributed by atoms with van der Waals surface area (Å²) in [6.45, 7) is 1.60. The Kier molecular flexibility index (Phi) is 2.36. The van der Waals surface area contributed by atoms with Crippen LogP contribution in [0.1, 0.15) is 29.9 Å². The average Bonchev–Trinajstić information content (AvgIpc) is 2.87. The van der Waals surface area contributed by atoms with Gasteiger partial charge in [0.25, 0.3) is 5.91 Å². The molecular weight excluding hydrogens is 206 g/mol. The van der Waals surface area contributed by atoms with E-state index in [9.17, 15) is 4.79 Å². The highest BCUT2D eigenvalue weighted by Crippen LogP contribution is 2.20. The SMILES string of the molecule is O=C(c1ncn[nH]1)N1CCC2CCC(C1)N2. The average molecular weight is 221 g/mol. The first-order valence-electron chi connectivity index (χ1n) is 5.73. The molecular formula is C10H15N5O. The topological polar surface area (TPSA) is 73.9 Å². The molecule has 3 rings (SSSR count). The highest BCUT2D eigenvalue weighted by Gasteiger charge is 2.31. The molecule has 2 saturated heterocycles. The summed E-state index contributed by atoms with van der Waals surface area (Å²) in [7, 11) is 0. The van der Waals surface area contributed by atoms with E-state index in [1.165, 1.54) is 19.2 Å². The molecule has 0 saturated carbocycles. The number of carbonyl (C=O) groups excluding carboxylic acids is 1. The van der Waals surface area contributed by atoms with Gasteiger partial charge in [0.1, 0.15) is 6.33 Å². The van der Waals surface area contributed by atoms with Gasteiger partial charge in [-0.15, -0.1) is 0 Å². The summed E-state index contributed by atoms with van der Waals surface area (Å²) in [5.74, 6) is 0.310. The second-order valence-electron chi connectivity index (χ2n) is 4.51. The Morgan fingerprint density at radius 3 is 3.06 bits per heavy atom.